The molecule has 5 nitrogen and oxygen atoms in total. The van der Waals surface area contributed by atoms with Gasteiger partial charge in [-0.3, -0.25) is 10.1 Å². The molecule has 0 radical (unpaired) electrons. The van der Waals surface area contributed by atoms with Crippen LogP contribution in [0.4, 0.5) is 5.13 Å². The van der Waals surface area contributed by atoms with E-state index >= 15 is 0 Å². The molecule has 94 valence electrons. The fourth-order valence-corrected chi connectivity index (χ4v) is 2.63. The lowest BCUT2D eigenvalue weighted by atomic mass is 10.2. The van der Waals surface area contributed by atoms with Gasteiger partial charge in [-0.2, -0.15) is 0 Å². The molecule has 0 aliphatic heterocycles. The molecular weight excluding hydrogens is 260 g/mol. The highest BCUT2D eigenvalue weighted by atomic mass is 32.1. The number of fused-ring (bicyclic) bond motifs is 1. The zero-order chi connectivity index (χ0) is 13.2. The molecule has 1 aromatic carbocycles. The number of amides is 1. The molecular formula is C13H10N4OS. The number of thiazole rings is 1. The number of carbonyl (C=O) groups is 1. The first-order chi connectivity index (χ1) is 9.22. The van der Waals surface area contributed by atoms with Crippen LogP contribution >= 0.6 is 11.3 Å². The van der Waals surface area contributed by atoms with Gasteiger partial charge in [-0.1, -0.05) is 17.4 Å². The summed E-state index contributed by atoms with van der Waals surface area (Å²) in [5.74, 6) is -0.253. The summed E-state index contributed by atoms with van der Waals surface area (Å²) in [7, 11) is 0. The molecule has 2 heterocycles. The minimum Gasteiger partial charge on any atom is -0.298 e. The molecule has 0 aliphatic rings. The summed E-state index contributed by atoms with van der Waals surface area (Å²) in [5.41, 5.74) is 2.47. The average Bonchev–Trinajstić information content (AvgIpc) is 2.81. The fraction of sp³-hybridized carbons (Fsp3) is 0.0769. The minimum atomic E-state index is -0.253. The lowest BCUT2D eigenvalue weighted by molar-refractivity contribution is 0.102. The number of carbonyl (C=O) groups excluding carboxylic acids is 1. The molecule has 0 atom stereocenters. The largest absolute Gasteiger partial charge is 0.298 e. The molecule has 2 aromatic heterocycles. The van der Waals surface area contributed by atoms with Crippen LogP contribution < -0.4 is 5.32 Å². The van der Waals surface area contributed by atoms with Gasteiger partial charge in [0.15, 0.2) is 5.13 Å². The maximum absolute atomic E-state index is 11.9. The topological polar surface area (TPSA) is 67.8 Å². The van der Waals surface area contributed by atoms with Crippen molar-refractivity contribution in [2.24, 2.45) is 0 Å². The van der Waals surface area contributed by atoms with E-state index in [2.05, 4.69) is 20.3 Å². The van der Waals surface area contributed by atoms with Crippen molar-refractivity contribution in [3.8, 4) is 0 Å². The van der Waals surface area contributed by atoms with Crippen molar-refractivity contribution in [2.45, 2.75) is 6.92 Å². The van der Waals surface area contributed by atoms with Gasteiger partial charge in [-0.15, -0.1) is 0 Å². The second kappa shape index (κ2) is 4.74. The number of aryl methyl sites for hydroxylation is 1. The maximum Gasteiger partial charge on any atom is 0.260 e. The van der Waals surface area contributed by atoms with Gasteiger partial charge >= 0.3 is 0 Å². The number of nitrogens with zero attached hydrogens (tertiary/aromatic N) is 3. The van der Waals surface area contributed by atoms with E-state index in [0.29, 0.717) is 10.7 Å². The highest BCUT2D eigenvalue weighted by molar-refractivity contribution is 7.22. The summed E-state index contributed by atoms with van der Waals surface area (Å²) in [6, 6.07) is 6.00. The molecule has 0 fully saturated rings. The van der Waals surface area contributed by atoms with Crippen LogP contribution in [-0.2, 0) is 0 Å². The Morgan fingerprint density at radius 2 is 2.05 bits per heavy atom. The van der Waals surface area contributed by atoms with E-state index in [-0.39, 0.29) is 5.91 Å². The fourth-order valence-electron chi connectivity index (χ4n) is 1.67. The molecule has 1 N–H and O–H groups in total. The Kier molecular flexibility index (Phi) is 2.92. The van der Waals surface area contributed by atoms with Gasteiger partial charge in [-0.05, 0) is 24.6 Å². The van der Waals surface area contributed by atoms with Gasteiger partial charge < -0.3 is 0 Å². The normalized spacial score (nSPS) is 10.6. The molecule has 19 heavy (non-hydrogen) atoms. The molecule has 1 amide bonds. The predicted molar refractivity (Wildman–Crippen MR) is 74.3 cm³/mol. The van der Waals surface area contributed by atoms with Crippen LogP contribution in [0.2, 0.25) is 0 Å². The summed E-state index contributed by atoms with van der Waals surface area (Å²) < 4.78 is 1.06. The average molecular weight is 270 g/mol. The Bertz CT molecular complexity index is 739. The summed E-state index contributed by atoms with van der Waals surface area (Å²) in [6.45, 7) is 2.03. The third-order valence-electron chi connectivity index (χ3n) is 2.59. The van der Waals surface area contributed by atoms with Gasteiger partial charge in [0, 0.05) is 12.4 Å². The molecule has 3 rings (SSSR count). The van der Waals surface area contributed by atoms with Crippen molar-refractivity contribution < 1.29 is 4.79 Å². The van der Waals surface area contributed by atoms with Crippen molar-refractivity contribution in [1.82, 2.24) is 15.0 Å². The van der Waals surface area contributed by atoms with E-state index in [0.717, 1.165) is 10.2 Å². The quantitative estimate of drug-likeness (QED) is 0.777. The molecule has 0 saturated carbocycles. The molecule has 0 unspecified atom stereocenters. The van der Waals surface area contributed by atoms with Crippen molar-refractivity contribution in [1.29, 1.82) is 0 Å². The summed E-state index contributed by atoms with van der Waals surface area (Å²) in [5, 5.41) is 3.33. The lowest BCUT2D eigenvalue weighted by Crippen LogP contribution is -2.12. The lowest BCUT2D eigenvalue weighted by Gasteiger charge is -1.99. The third-order valence-corrected chi connectivity index (χ3v) is 3.52. The van der Waals surface area contributed by atoms with E-state index < -0.39 is 0 Å². The van der Waals surface area contributed by atoms with Crippen LogP contribution in [-0.4, -0.2) is 20.9 Å². The monoisotopic (exact) mass is 270 g/mol. The van der Waals surface area contributed by atoms with E-state index in [1.54, 1.807) is 0 Å². The standard InChI is InChI=1S/C13H10N4OS/c1-8-2-3-10-11(4-8)19-13(16-10)17-12(18)9-5-14-7-15-6-9/h2-7H,1H3,(H,16,17,18). The van der Waals surface area contributed by atoms with Crippen LogP contribution in [0.5, 0.6) is 0 Å². The smallest absolute Gasteiger partial charge is 0.260 e. The predicted octanol–water partition coefficient (Wildman–Crippen LogP) is 2.65. The van der Waals surface area contributed by atoms with Crippen molar-refractivity contribution in [2.75, 3.05) is 5.32 Å². The Morgan fingerprint density at radius 1 is 1.26 bits per heavy atom. The van der Waals surface area contributed by atoms with Gasteiger partial charge in [0.1, 0.15) is 6.33 Å². The van der Waals surface area contributed by atoms with E-state index in [4.69, 9.17) is 0 Å². The second-order valence-electron chi connectivity index (χ2n) is 4.07. The first-order valence-corrected chi connectivity index (χ1v) is 6.47. The summed E-state index contributed by atoms with van der Waals surface area (Å²) >= 11 is 1.45. The SMILES string of the molecule is Cc1ccc2nc(NC(=O)c3cncnc3)sc2c1. The Hall–Kier alpha value is -2.34. The summed E-state index contributed by atoms with van der Waals surface area (Å²) in [6.07, 6.45) is 4.33. The van der Waals surface area contributed by atoms with Crippen molar-refractivity contribution in [3.63, 3.8) is 0 Å². The maximum atomic E-state index is 11.9. The van der Waals surface area contributed by atoms with Crippen LogP contribution in [0.3, 0.4) is 0 Å². The number of rotatable bonds is 2. The minimum absolute atomic E-state index is 0.253. The van der Waals surface area contributed by atoms with Gasteiger partial charge in [0.25, 0.3) is 5.91 Å². The Balaban J connectivity index is 1.87. The molecule has 0 aliphatic carbocycles. The van der Waals surface area contributed by atoms with E-state index in [1.807, 2.05) is 25.1 Å². The number of nitrogens with one attached hydrogen (secondary N) is 1. The van der Waals surface area contributed by atoms with Gasteiger partial charge in [0.05, 0.1) is 15.8 Å². The molecule has 0 bridgehead atoms. The molecule has 3 aromatic rings. The number of hydrogen-bond donors (Lipinski definition) is 1. The van der Waals surface area contributed by atoms with Crippen LogP contribution in [0, 0.1) is 6.92 Å². The first-order valence-electron chi connectivity index (χ1n) is 5.66. The highest BCUT2D eigenvalue weighted by Crippen LogP contribution is 2.26. The zero-order valence-electron chi connectivity index (χ0n) is 10.1. The zero-order valence-corrected chi connectivity index (χ0v) is 10.9. The van der Waals surface area contributed by atoms with Crippen LogP contribution in [0.1, 0.15) is 15.9 Å². The summed E-state index contributed by atoms with van der Waals surface area (Å²) in [4.78, 5) is 23.9. The van der Waals surface area contributed by atoms with Crippen LogP contribution in [0.15, 0.2) is 36.9 Å². The number of hydrogen-bond acceptors (Lipinski definition) is 5. The molecule has 0 saturated heterocycles. The molecule has 0 spiro atoms. The van der Waals surface area contributed by atoms with Gasteiger partial charge in [-0.25, -0.2) is 15.0 Å². The third kappa shape index (κ3) is 2.43. The van der Waals surface area contributed by atoms with Gasteiger partial charge in [0.2, 0.25) is 0 Å². The second-order valence-corrected chi connectivity index (χ2v) is 5.10. The number of benzene rings is 1. The Morgan fingerprint density at radius 3 is 2.84 bits per heavy atom. The van der Waals surface area contributed by atoms with E-state index in [9.17, 15) is 4.79 Å². The van der Waals surface area contributed by atoms with Crippen molar-refractivity contribution in [3.05, 3.63) is 48.0 Å². The number of aromatic nitrogens is 3. The van der Waals surface area contributed by atoms with E-state index in [1.165, 1.54) is 35.6 Å². The Labute approximate surface area is 113 Å². The first kappa shape index (κ1) is 11.7. The highest BCUT2D eigenvalue weighted by Gasteiger charge is 2.10. The molecule has 6 heteroatoms. The van der Waals surface area contributed by atoms with Crippen molar-refractivity contribution >= 4 is 32.6 Å². The number of anilines is 1. The van der Waals surface area contributed by atoms with Crippen LogP contribution in [0.25, 0.3) is 10.2 Å².